The predicted molar refractivity (Wildman–Crippen MR) is 71.4 cm³/mol. The molecule has 0 aromatic heterocycles. The fraction of sp³-hybridized carbons (Fsp3) is 0.600. The van der Waals surface area contributed by atoms with Crippen molar-refractivity contribution in [1.82, 2.24) is 4.90 Å². The summed E-state index contributed by atoms with van der Waals surface area (Å²) in [7, 11) is 0. The van der Waals surface area contributed by atoms with Crippen molar-refractivity contribution >= 4 is 11.6 Å². The summed E-state index contributed by atoms with van der Waals surface area (Å²) in [6.45, 7) is 9.60. The number of Topliss-reactive ketones (excluding diaryl/α,β-unsaturated/α-hetero) is 2. The van der Waals surface area contributed by atoms with Crippen molar-refractivity contribution in [2.24, 2.45) is 0 Å². The number of hydrogen-bond donors (Lipinski definition) is 0. The molecule has 0 amide bonds. The zero-order valence-electron chi connectivity index (χ0n) is 11.7. The molecule has 0 spiro atoms. The molecule has 0 unspecified atom stereocenters. The molecule has 0 radical (unpaired) electrons. The van der Waals surface area contributed by atoms with Gasteiger partial charge in [0, 0.05) is 41.4 Å². The summed E-state index contributed by atoms with van der Waals surface area (Å²) in [6.07, 6.45) is 1.42. The number of nitrogens with zero attached hydrogens (tertiary/aromatic N) is 1. The highest BCUT2D eigenvalue weighted by molar-refractivity contribution is 6.24. The predicted octanol–water partition coefficient (Wildman–Crippen LogP) is 2.28. The molecule has 0 fully saturated rings. The van der Waals surface area contributed by atoms with E-state index in [1.54, 1.807) is 13.8 Å². The van der Waals surface area contributed by atoms with Gasteiger partial charge in [-0.05, 0) is 40.5 Å². The van der Waals surface area contributed by atoms with Gasteiger partial charge in [0.05, 0.1) is 0 Å². The fourth-order valence-electron chi connectivity index (χ4n) is 2.74. The molecule has 1 heterocycles. The Morgan fingerprint density at radius 3 is 1.61 bits per heavy atom. The van der Waals surface area contributed by atoms with E-state index in [1.807, 2.05) is 0 Å². The van der Waals surface area contributed by atoms with Crippen LogP contribution in [0.2, 0.25) is 0 Å². The molecular formula is C15H21NO2. The van der Waals surface area contributed by atoms with E-state index in [4.69, 9.17) is 0 Å². The molecule has 0 saturated heterocycles. The van der Waals surface area contributed by atoms with E-state index in [1.165, 1.54) is 0 Å². The monoisotopic (exact) mass is 247 g/mol. The molecule has 1 aliphatic heterocycles. The van der Waals surface area contributed by atoms with E-state index >= 15 is 0 Å². The van der Waals surface area contributed by atoms with E-state index in [9.17, 15) is 9.59 Å². The zero-order chi connectivity index (χ0) is 13.4. The average molecular weight is 247 g/mol. The van der Waals surface area contributed by atoms with Gasteiger partial charge in [-0.3, -0.25) is 9.59 Å². The molecule has 0 atom stereocenters. The summed E-state index contributed by atoms with van der Waals surface area (Å²) in [6, 6.07) is 0.465. The molecule has 0 bridgehead atoms. The normalized spacial score (nSPS) is 22.7. The second-order valence-electron chi connectivity index (χ2n) is 5.50. The molecule has 18 heavy (non-hydrogen) atoms. The zero-order valence-corrected chi connectivity index (χ0v) is 11.7. The summed E-state index contributed by atoms with van der Waals surface area (Å²) < 4.78 is 0. The first-order chi connectivity index (χ1) is 8.43. The fourth-order valence-corrected chi connectivity index (χ4v) is 2.74. The van der Waals surface area contributed by atoms with Crippen molar-refractivity contribution < 1.29 is 9.59 Å². The van der Waals surface area contributed by atoms with Crippen molar-refractivity contribution in [3.05, 3.63) is 22.3 Å². The van der Waals surface area contributed by atoms with Gasteiger partial charge in [-0.2, -0.15) is 0 Å². The SMILES string of the molecule is CC1=C(C)C(=O)C2=C(CCN(C(C)C)CC2)C1=O. The second-order valence-corrected chi connectivity index (χ2v) is 5.50. The number of carbonyl (C=O) groups is 2. The lowest BCUT2D eigenvalue weighted by Gasteiger charge is -2.24. The minimum atomic E-state index is 0.0905. The van der Waals surface area contributed by atoms with Crippen LogP contribution in [-0.4, -0.2) is 35.6 Å². The lowest BCUT2D eigenvalue weighted by Crippen LogP contribution is -2.32. The van der Waals surface area contributed by atoms with E-state index in [2.05, 4.69) is 18.7 Å². The van der Waals surface area contributed by atoms with Gasteiger partial charge in [0.25, 0.3) is 0 Å². The molecule has 1 aliphatic carbocycles. The minimum Gasteiger partial charge on any atom is -0.300 e. The van der Waals surface area contributed by atoms with E-state index in [0.717, 1.165) is 24.2 Å². The minimum absolute atomic E-state index is 0.0905. The molecule has 98 valence electrons. The van der Waals surface area contributed by atoms with Crippen molar-refractivity contribution in [2.75, 3.05) is 13.1 Å². The third-order valence-electron chi connectivity index (χ3n) is 4.18. The smallest absolute Gasteiger partial charge is 0.185 e. The van der Waals surface area contributed by atoms with Crippen LogP contribution < -0.4 is 0 Å². The van der Waals surface area contributed by atoms with Crippen LogP contribution in [0.5, 0.6) is 0 Å². The van der Waals surface area contributed by atoms with Crippen LogP contribution in [0.15, 0.2) is 22.3 Å². The Kier molecular flexibility index (Phi) is 3.53. The summed E-state index contributed by atoms with van der Waals surface area (Å²) in [5, 5.41) is 0. The van der Waals surface area contributed by atoms with Gasteiger partial charge in [-0.25, -0.2) is 0 Å². The van der Waals surface area contributed by atoms with E-state index in [0.29, 0.717) is 30.0 Å². The van der Waals surface area contributed by atoms with Gasteiger partial charge in [0.2, 0.25) is 0 Å². The lowest BCUT2D eigenvalue weighted by molar-refractivity contribution is -0.116. The van der Waals surface area contributed by atoms with Gasteiger partial charge in [0.1, 0.15) is 0 Å². The van der Waals surface area contributed by atoms with E-state index in [-0.39, 0.29) is 11.6 Å². The van der Waals surface area contributed by atoms with Crippen LogP contribution in [0.4, 0.5) is 0 Å². The first-order valence-electron chi connectivity index (χ1n) is 6.66. The highest BCUT2D eigenvalue weighted by Gasteiger charge is 2.32. The molecule has 3 heteroatoms. The third kappa shape index (κ3) is 2.07. The van der Waals surface area contributed by atoms with Crippen molar-refractivity contribution in [3.8, 4) is 0 Å². The molecule has 2 rings (SSSR count). The second kappa shape index (κ2) is 4.81. The van der Waals surface area contributed by atoms with Crippen molar-refractivity contribution in [2.45, 2.75) is 46.6 Å². The number of ketones is 2. The molecule has 3 nitrogen and oxygen atoms in total. The van der Waals surface area contributed by atoms with Gasteiger partial charge in [-0.15, -0.1) is 0 Å². The van der Waals surface area contributed by atoms with Gasteiger partial charge in [0.15, 0.2) is 11.6 Å². The molecule has 2 aliphatic rings. The topological polar surface area (TPSA) is 37.4 Å². The first kappa shape index (κ1) is 13.2. The molecule has 0 N–H and O–H groups in total. The highest BCUT2D eigenvalue weighted by Crippen LogP contribution is 2.30. The third-order valence-corrected chi connectivity index (χ3v) is 4.18. The Labute approximate surface area is 109 Å². The molecule has 0 saturated carbocycles. The van der Waals surface area contributed by atoms with Crippen molar-refractivity contribution in [1.29, 1.82) is 0 Å². The Morgan fingerprint density at radius 1 is 0.889 bits per heavy atom. The number of carbonyl (C=O) groups excluding carboxylic acids is 2. The number of hydrogen-bond acceptors (Lipinski definition) is 3. The highest BCUT2D eigenvalue weighted by atomic mass is 16.1. The maximum Gasteiger partial charge on any atom is 0.185 e. The Morgan fingerprint density at radius 2 is 1.28 bits per heavy atom. The maximum absolute atomic E-state index is 12.3. The first-order valence-corrected chi connectivity index (χ1v) is 6.66. The number of rotatable bonds is 1. The maximum atomic E-state index is 12.3. The quantitative estimate of drug-likeness (QED) is 0.667. The average Bonchev–Trinajstić information content (AvgIpc) is 2.56. The largest absolute Gasteiger partial charge is 0.300 e. The summed E-state index contributed by atoms with van der Waals surface area (Å²) >= 11 is 0. The summed E-state index contributed by atoms with van der Waals surface area (Å²) in [4.78, 5) is 26.9. The summed E-state index contributed by atoms with van der Waals surface area (Å²) in [5.74, 6) is 0.181. The van der Waals surface area contributed by atoms with Crippen LogP contribution in [0.1, 0.15) is 40.5 Å². The number of allylic oxidation sites excluding steroid dienone is 2. The van der Waals surface area contributed by atoms with Crippen LogP contribution in [0.25, 0.3) is 0 Å². The van der Waals surface area contributed by atoms with Crippen LogP contribution >= 0.6 is 0 Å². The standard InChI is InChI=1S/C15H21NO2/c1-9(2)16-7-5-12-13(6-8-16)15(18)11(4)10(3)14(12)17/h9H,5-8H2,1-4H3. The molecule has 0 aromatic carbocycles. The van der Waals surface area contributed by atoms with Crippen LogP contribution in [0, 0.1) is 0 Å². The van der Waals surface area contributed by atoms with Crippen LogP contribution in [-0.2, 0) is 9.59 Å². The van der Waals surface area contributed by atoms with Gasteiger partial charge < -0.3 is 4.90 Å². The lowest BCUT2D eigenvalue weighted by atomic mass is 9.83. The van der Waals surface area contributed by atoms with Gasteiger partial charge >= 0.3 is 0 Å². The Bertz CT molecular complexity index is 431. The molecular weight excluding hydrogens is 226 g/mol. The Hall–Kier alpha value is -1.22. The molecule has 0 aromatic rings. The van der Waals surface area contributed by atoms with Crippen LogP contribution in [0.3, 0.4) is 0 Å². The van der Waals surface area contributed by atoms with Gasteiger partial charge in [-0.1, -0.05) is 0 Å². The summed E-state index contributed by atoms with van der Waals surface area (Å²) in [5.41, 5.74) is 2.81. The van der Waals surface area contributed by atoms with E-state index < -0.39 is 0 Å². The Balaban J connectivity index is 2.31. The van der Waals surface area contributed by atoms with Crippen molar-refractivity contribution in [3.63, 3.8) is 0 Å².